The number of ether oxygens (including phenoxy) is 1. The molecule has 210 valence electrons. The van der Waals surface area contributed by atoms with E-state index in [0.29, 0.717) is 18.9 Å². The molecule has 0 saturated heterocycles. The van der Waals surface area contributed by atoms with Crippen LogP contribution in [0, 0.1) is 13.8 Å². The Bertz CT molecular complexity index is 1440. The summed E-state index contributed by atoms with van der Waals surface area (Å²) in [6.07, 6.45) is 0.794. The van der Waals surface area contributed by atoms with E-state index < -0.39 is 0 Å². The molecule has 1 N–H and O–H groups in total. The Labute approximate surface area is 241 Å². The number of phenols is 1. The van der Waals surface area contributed by atoms with Gasteiger partial charge in [-0.15, -0.1) is 0 Å². The average Bonchev–Trinajstić information content (AvgIpc) is 2.89. The van der Waals surface area contributed by atoms with Crippen LogP contribution < -0.4 is 9.64 Å². The van der Waals surface area contributed by atoms with Crippen LogP contribution in [-0.4, -0.2) is 18.3 Å². The van der Waals surface area contributed by atoms with Crippen molar-refractivity contribution in [1.29, 1.82) is 0 Å². The predicted molar refractivity (Wildman–Crippen MR) is 170 cm³/mol. The lowest BCUT2D eigenvalue weighted by Crippen LogP contribution is -2.23. The van der Waals surface area contributed by atoms with Crippen LogP contribution in [0.2, 0.25) is 0 Å². The highest BCUT2D eigenvalue weighted by Crippen LogP contribution is 2.44. The van der Waals surface area contributed by atoms with Gasteiger partial charge in [-0.1, -0.05) is 108 Å². The Kier molecular flexibility index (Phi) is 8.63. The van der Waals surface area contributed by atoms with Gasteiger partial charge in [-0.3, -0.25) is 0 Å². The first kappa shape index (κ1) is 29.3. The molecule has 4 rings (SSSR count). The monoisotopic (exact) mass is 535 g/mol. The number of aryl methyl sites for hydroxylation is 2. The zero-order valence-electron chi connectivity index (χ0n) is 25.5. The molecule has 0 bridgehead atoms. The molecule has 0 radical (unpaired) electrons. The summed E-state index contributed by atoms with van der Waals surface area (Å²) in [5.74, 6) is 1.22. The molecule has 3 heteroatoms. The number of benzene rings is 4. The first-order valence-corrected chi connectivity index (χ1v) is 14.4. The number of para-hydroxylation sites is 2. The normalized spacial score (nSPS) is 11.9. The highest BCUT2D eigenvalue weighted by molar-refractivity contribution is 5.85. The maximum Gasteiger partial charge on any atom is 0.142 e. The lowest BCUT2D eigenvalue weighted by atomic mass is 9.84. The zero-order valence-corrected chi connectivity index (χ0v) is 25.5. The molecular formula is C37H45NO2. The van der Waals surface area contributed by atoms with Crippen molar-refractivity contribution < 1.29 is 9.84 Å². The second-order valence-electron chi connectivity index (χ2n) is 13.0. The quantitative estimate of drug-likeness (QED) is 0.228. The number of hydrogen-bond donors (Lipinski definition) is 1. The number of hydrogen-bond acceptors (Lipinski definition) is 3. The molecule has 4 aromatic rings. The molecule has 3 nitrogen and oxygen atoms in total. The van der Waals surface area contributed by atoms with E-state index in [1.165, 1.54) is 16.7 Å². The molecule has 0 amide bonds. The van der Waals surface area contributed by atoms with Crippen molar-refractivity contribution in [2.24, 2.45) is 0 Å². The van der Waals surface area contributed by atoms with E-state index in [1.54, 1.807) is 0 Å². The summed E-state index contributed by atoms with van der Waals surface area (Å²) in [6.45, 7) is 18.8. The largest absolute Gasteiger partial charge is 0.505 e. The van der Waals surface area contributed by atoms with E-state index in [-0.39, 0.29) is 10.8 Å². The third-order valence-electron chi connectivity index (χ3n) is 7.32. The zero-order chi connectivity index (χ0) is 29.1. The minimum atomic E-state index is -0.190. The molecule has 0 fully saturated rings. The number of phenolic OH excluding ortho intramolecular Hbond substituents is 1. The molecule has 0 saturated carbocycles. The second kappa shape index (κ2) is 11.8. The molecule has 40 heavy (non-hydrogen) atoms. The highest BCUT2D eigenvalue weighted by atomic mass is 16.5. The van der Waals surface area contributed by atoms with Gasteiger partial charge < -0.3 is 14.7 Å². The highest BCUT2D eigenvalue weighted by Gasteiger charge is 2.25. The van der Waals surface area contributed by atoms with E-state index in [0.717, 1.165) is 40.2 Å². The molecule has 0 aromatic heterocycles. The van der Waals surface area contributed by atoms with Gasteiger partial charge in [-0.05, 0) is 72.1 Å². The Morgan fingerprint density at radius 2 is 1.35 bits per heavy atom. The molecule has 0 heterocycles. The lowest BCUT2D eigenvalue weighted by molar-refractivity contribution is 0.313. The Morgan fingerprint density at radius 1 is 0.700 bits per heavy atom. The number of nitrogens with zero attached hydrogens (tertiary/aromatic N) is 1. The lowest BCUT2D eigenvalue weighted by Gasteiger charge is -2.31. The van der Waals surface area contributed by atoms with Gasteiger partial charge in [0, 0.05) is 23.4 Å². The number of aromatic hydroxyl groups is 1. The molecule has 0 aliphatic rings. The van der Waals surface area contributed by atoms with Crippen LogP contribution in [0.1, 0.15) is 70.2 Å². The van der Waals surface area contributed by atoms with Gasteiger partial charge in [0.25, 0.3) is 0 Å². The van der Waals surface area contributed by atoms with E-state index in [9.17, 15) is 5.11 Å². The summed E-state index contributed by atoms with van der Waals surface area (Å²) < 4.78 is 6.05. The fraction of sp³-hybridized carbons (Fsp3) is 0.351. The van der Waals surface area contributed by atoms with Gasteiger partial charge >= 0.3 is 0 Å². The smallest absolute Gasteiger partial charge is 0.142 e. The van der Waals surface area contributed by atoms with E-state index >= 15 is 0 Å². The summed E-state index contributed by atoms with van der Waals surface area (Å²) in [6, 6.07) is 29.6. The first-order valence-electron chi connectivity index (χ1n) is 14.4. The minimum absolute atomic E-state index is 0.0423. The number of rotatable bonds is 8. The van der Waals surface area contributed by atoms with Gasteiger partial charge in [0.1, 0.15) is 11.5 Å². The maximum atomic E-state index is 11.7. The average molecular weight is 536 g/mol. The van der Waals surface area contributed by atoms with Crippen LogP contribution in [0.5, 0.6) is 11.5 Å². The van der Waals surface area contributed by atoms with Crippen LogP contribution in [-0.2, 0) is 10.8 Å². The van der Waals surface area contributed by atoms with Crippen molar-refractivity contribution in [3.8, 4) is 22.6 Å². The third-order valence-corrected chi connectivity index (χ3v) is 7.32. The Balaban J connectivity index is 1.81. The second-order valence-corrected chi connectivity index (χ2v) is 13.0. The van der Waals surface area contributed by atoms with Crippen molar-refractivity contribution in [2.75, 3.05) is 18.1 Å². The standard InChI is InChI=1S/C37H45NO2/c1-26-21-28(25-29(22-26)36(3,4)5)31-17-12-13-18-33(31)38(19-14-20-40-30-15-10-9-11-16-30)34-24-27(2)23-32(35(34)39)37(6,7)8/h9-13,15-18,21-25,39H,14,19-20H2,1-8H3. The van der Waals surface area contributed by atoms with Crippen molar-refractivity contribution in [3.63, 3.8) is 0 Å². The van der Waals surface area contributed by atoms with Gasteiger partial charge in [-0.2, -0.15) is 0 Å². The molecule has 0 aliphatic heterocycles. The van der Waals surface area contributed by atoms with E-state index in [1.807, 2.05) is 30.3 Å². The van der Waals surface area contributed by atoms with Crippen LogP contribution >= 0.6 is 0 Å². The van der Waals surface area contributed by atoms with Crippen LogP contribution in [0.4, 0.5) is 11.4 Å². The van der Waals surface area contributed by atoms with Crippen LogP contribution in [0.3, 0.4) is 0 Å². The molecule has 4 aromatic carbocycles. The topological polar surface area (TPSA) is 32.7 Å². The summed E-state index contributed by atoms with van der Waals surface area (Å²) in [7, 11) is 0. The molecular weight excluding hydrogens is 490 g/mol. The van der Waals surface area contributed by atoms with Gasteiger partial charge in [0.15, 0.2) is 0 Å². The molecule has 0 atom stereocenters. The molecule has 0 aliphatic carbocycles. The van der Waals surface area contributed by atoms with Crippen LogP contribution in [0.25, 0.3) is 11.1 Å². The van der Waals surface area contributed by atoms with Crippen molar-refractivity contribution in [2.45, 2.75) is 72.6 Å². The SMILES string of the molecule is Cc1cc(-c2ccccc2N(CCCOc2ccccc2)c2cc(C)cc(C(C)(C)C)c2O)cc(C(C)(C)C)c1. The van der Waals surface area contributed by atoms with Gasteiger partial charge in [-0.25, -0.2) is 0 Å². The van der Waals surface area contributed by atoms with Gasteiger partial charge in [0.05, 0.1) is 12.3 Å². The maximum absolute atomic E-state index is 11.7. The predicted octanol–water partition coefficient (Wildman–Crippen LogP) is 9.88. The Morgan fingerprint density at radius 3 is 2.02 bits per heavy atom. The molecule has 0 unspecified atom stereocenters. The molecule has 0 spiro atoms. The Hall–Kier alpha value is -3.72. The summed E-state index contributed by atoms with van der Waals surface area (Å²) in [4.78, 5) is 2.28. The first-order chi connectivity index (χ1) is 18.8. The van der Waals surface area contributed by atoms with Crippen molar-refractivity contribution >= 4 is 11.4 Å². The number of anilines is 2. The van der Waals surface area contributed by atoms with Crippen molar-refractivity contribution in [1.82, 2.24) is 0 Å². The summed E-state index contributed by atoms with van der Waals surface area (Å²) in [5, 5.41) is 11.7. The van der Waals surface area contributed by atoms with E-state index in [4.69, 9.17) is 4.74 Å². The summed E-state index contributed by atoms with van der Waals surface area (Å²) in [5.41, 5.74) is 8.75. The minimum Gasteiger partial charge on any atom is -0.505 e. The van der Waals surface area contributed by atoms with Crippen LogP contribution in [0.15, 0.2) is 84.9 Å². The fourth-order valence-electron chi connectivity index (χ4n) is 5.16. The summed E-state index contributed by atoms with van der Waals surface area (Å²) >= 11 is 0. The third kappa shape index (κ3) is 6.88. The van der Waals surface area contributed by atoms with Gasteiger partial charge in [0.2, 0.25) is 0 Å². The van der Waals surface area contributed by atoms with Crippen molar-refractivity contribution in [3.05, 3.63) is 107 Å². The fourth-order valence-corrected chi connectivity index (χ4v) is 5.16. The van der Waals surface area contributed by atoms with E-state index in [2.05, 4.69) is 115 Å².